The highest BCUT2D eigenvalue weighted by Crippen LogP contribution is 2.20. The first-order valence-electron chi connectivity index (χ1n) is 4.95. The molecule has 1 rings (SSSR count). The third-order valence-corrected chi connectivity index (χ3v) is 2.96. The predicted octanol–water partition coefficient (Wildman–Crippen LogP) is 2.67. The third kappa shape index (κ3) is 3.49. The zero-order chi connectivity index (χ0) is 11.5. The van der Waals surface area contributed by atoms with Gasteiger partial charge in [-0.1, -0.05) is 23.7 Å². The largest absolute Gasteiger partial charge is 0.387 e. The maximum Gasteiger partial charge on any atom is 0.0917 e. The van der Waals surface area contributed by atoms with Gasteiger partial charge >= 0.3 is 0 Å². The Morgan fingerprint density at radius 2 is 1.93 bits per heavy atom. The lowest BCUT2D eigenvalue weighted by molar-refractivity contribution is -0.0715. The van der Waals surface area contributed by atoms with Gasteiger partial charge in [0.05, 0.1) is 11.7 Å². The molecule has 0 spiro atoms. The zero-order valence-corrected chi connectivity index (χ0v) is 10.1. The molecule has 0 fully saturated rings. The van der Waals surface area contributed by atoms with Gasteiger partial charge in [-0.05, 0) is 31.5 Å². The van der Waals surface area contributed by atoms with E-state index in [1.807, 2.05) is 31.2 Å². The summed E-state index contributed by atoms with van der Waals surface area (Å²) in [6.45, 7) is 3.63. The Bertz CT molecular complexity index is 306. The topological polar surface area (TPSA) is 29.5 Å². The van der Waals surface area contributed by atoms with Crippen LogP contribution >= 0.6 is 11.6 Å². The van der Waals surface area contributed by atoms with Gasteiger partial charge in [0.25, 0.3) is 0 Å². The first kappa shape index (κ1) is 12.5. The van der Waals surface area contributed by atoms with Crippen LogP contribution in [0.5, 0.6) is 0 Å². The Morgan fingerprint density at radius 1 is 1.40 bits per heavy atom. The fraction of sp³-hybridized carbons (Fsp3) is 0.500. The summed E-state index contributed by atoms with van der Waals surface area (Å²) >= 11 is 5.79. The minimum atomic E-state index is -0.859. The van der Waals surface area contributed by atoms with Crippen LogP contribution in [0.2, 0.25) is 5.02 Å². The molecule has 0 aliphatic heterocycles. The minimum absolute atomic E-state index is 0.201. The summed E-state index contributed by atoms with van der Waals surface area (Å²) in [6.07, 6.45) is 0.354. The number of rotatable bonds is 4. The summed E-state index contributed by atoms with van der Waals surface area (Å²) in [5.41, 5.74) is 0.191. The summed E-state index contributed by atoms with van der Waals surface area (Å²) in [7, 11) is 1.60. The van der Waals surface area contributed by atoms with E-state index in [0.717, 1.165) is 5.56 Å². The van der Waals surface area contributed by atoms with Crippen molar-refractivity contribution in [1.29, 1.82) is 0 Å². The van der Waals surface area contributed by atoms with Crippen LogP contribution in [0.25, 0.3) is 0 Å². The van der Waals surface area contributed by atoms with Crippen LogP contribution in [0, 0.1) is 0 Å². The second kappa shape index (κ2) is 4.97. The molecule has 2 nitrogen and oxygen atoms in total. The zero-order valence-electron chi connectivity index (χ0n) is 9.33. The second-order valence-electron chi connectivity index (χ2n) is 4.04. The average molecular weight is 229 g/mol. The average Bonchev–Trinajstić information content (AvgIpc) is 2.20. The number of hydrogen-bond donors (Lipinski definition) is 1. The summed E-state index contributed by atoms with van der Waals surface area (Å²) in [6, 6.07) is 7.48. The van der Waals surface area contributed by atoms with Gasteiger partial charge in [-0.15, -0.1) is 0 Å². The van der Waals surface area contributed by atoms with E-state index in [9.17, 15) is 5.11 Å². The molecule has 0 radical (unpaired) electrons. The van der Waals surface area contributed by atoms with E-state index >= 15 is 0 Å². The Hall–Kier alpha value is -0.570. The van der Waals surface area contributed by atoms with Crippen LogP contribution in [0.1, 0.15) is 19.4 Å². The van der Waals surface area contributed by atoms with E-state index in [1.165, 1.54) is 0 Å². The standard InChI is InChI=1S/C12H17ClO2/c1-9(15-3)12(2,14)8-10-4-6-11(13)7-5-10/h4-7,9,14H,8H2,1-3H3. The van der Waals surface area contributed by atoms with Crippen LogP contribution in [0.3, 0.4) is 0 Å². The monoisotopic (exact) mass is 228 g/mol. The summed E-state index contributed by atoms with van der Waals surface area (Å²) in [5, 5.41) is 10.9. The number of aliphatic hydroxyl groups is 1. The molecule has 84 valence electrons. The van der Waals surface area contributed by atoms with E-state index in [4.69, 9.17) is 16.3 Å². The molecule has 15 heavy (non-hydrogen) atoms. The Morgan fingerprint density at radius 3 is 2.40 bits per heavy atom. The van der Waals surface area contributed by atoms with Gasteiger partial charge in [-0.2, -0.15) is 0 Å². The third-order valence-electron chi connectivity index (χ3n) is 2.70. The smallest absolute Gasteiger partial charge is 0.0917 e. The number of halogens is 1. The van der Waals surface area contributed by atoms with Gasteiger partial charge < -0.3 is 9.84 Å². The molecular weight excluding hydrogens is 212 g/mol. The SMILES string of the molecule is COC(C)C(C)(O)Cc1ccc(Cl)cc1. The van der Waals surface area contributed by atoms with Crippen LogP contribution in [-0.4, -0.2) is 23.9 Å². The number of benzene rings is 1. The molecule has 0 saturated heterocycles. The van der Waals surface area contributed by atoms with Crippen LogP contribution < -0.4 is 0 Å². The van der Waals surface area contributed by atoms with Crippen molar-refractivity contribution in [3.05, 3.63) is 34.9 Å². The van der Waals surface area contributed by atoms with E-state index in [2.05, 4.69) is 0 Å². The highest BCUT2D eigenvalue weighted by Gasteiger charge is 2.28. The molecule has 0 aliphatic carbocycles. The van der Waals surface area contributed by atoms with Crippen molar-refractivity contribution in [2.45, 2.75) is 32.0 Å². The quantitative estimate of drug-likeness (QED) is 0.859. The fourth-order valence-corrected chi connectivity index (χ4v) is 1.54. The molecule has 2 unspecified atom stereocenters. The molecule has 0 saturated carbocycles. The molecule has 3 heteroatoms. The molecule has 1 N–H and O–H groups in total. The van der Waals surface area contributed by atoms with Gasteiger partial charge in [-0.25, -0.2) is 0 Å². The van der Waals surface area contributed by atoms with E-state index in [0.29, 0.717) is 11.4 Å². The van der Waals surface area contributed by atoms with Crippen molar-refractivity contribution < 1.29 is 9.84 Å². The van der Waals surface area contributed by atoms with Crippen molar-refractivity contribution in [2.24, 2.45) is 0 Å². The Kier molecular flexibility index (Phi) is 4.14. The van der Waals surface area contributed by atoms with E-state index < -0.39 is 5.60 Å². The number of hydrogen-bond acceptors (Lipinski definition) is 2. The van der Waals surface area contributed by atoms with Gasteiger partial charge in [0, 0.05) is 18.6 Å². The summed E-state index contributed by atoms with van der Waals surface area (Å²) in [4.78, 5) is 0. The Labute approximate surface area is 95.8 Å². The normalized spacial score (nSPS) is 17.1. The van der Waals surface area contributed by atoms with Crippen LogP contribution in [0.4, 0.5) is 0 Å². The van der Waals surface area contributed by atoms with Gasteiger partial charge in [0.15, 0.2) is 0 Å². The molecule has 1 aromatic rings. The first-order valence-corrected chi connectivity index (χ1v) is 5.33. The summed E-state index contributed by atoms with van der Waals surface area (Å²) < 4.78 is 5.13. The van der Waals surface area contributed by atoms with Crippen LogP contribution in [0.15, 0.2) is 24.3 Å². The molecular formula is C12H17ClO2. The van der Waals surface area contributed by atoms with Crippen molar-refractivity contribution in [2.75, 3.05) is 7.11 Å². The fourth-order valence-electron chi connectivity index (χ4n) is 1.41. The highest BCUT2D eigenvalue weighted by atomic mass is 35.5. The van der Waals surface area contributed by atoms with Gasteiger partial charge in [0.1, 0.15) is 0 Å². The van der Waals surface area contributed by atoms with Crippen molar-refractivity contribution in [1.82, 2.24) is 0 Å². The second-order valence-corrected chi connectivity index (χ2v) is 4.47. The Balaban J connectivity index is 2.72. The van der Waals surface area contributed by atoms with Crippen molar-refractivity contribution in [3.63, 3.8) is 0 Å². The molecule has 0 aliphatic rings. The molecule has 0 amide bonds. The molecule has 0 bridgehead atoms. The van der Waals surface area contributed by atoms with Crippen LogP contribution in [-0.2, 0) is 11.2 Å². The molecule has 1 aromatic carbocycles. The highest BCUT2D eigenvalue weighted by molar-refractivity contribution is 6.30. The number of methoxy groups -OCH3 is 1. The first-order chi connectivity index (χ1) is 6.95. The molecule has 2 atom stereocenters. The maximum absolute atomic E-state index is 10.1. The lowest BCUT2D eigenvalue weighted by Gasteiger charge is -2.29. The maximum atomic E-state index is 10.1. The lowest BCUT2D eigenvalue weighted by atomic mass is 9.92. The van der Waals surface area contributed by atoms with E-state index in [-0.39, 0.29) is 6.10 Å². The summed E-state index contributed by atoms with van der Waals surface area (Å²) in [5.74, 6) is 0. The number of ether oxygens (including phenoxy) is 1. The van der Waals surface area contributed by atoms with Crippen molar-refractivity contribution in [3.8, 4) is 0 Å². The molecule has 0 heterocycles. The van der Waals surface area contributed by atoms with Gasteiger partial charge in [-0.3, -0.25) is 0 Å². The van der Waals surface area contributed by atoms with Crippen molar-refractivity contribution >= 4 is 11.6 Å². The minimum Gasteiger partial charge on any atom is -0.387 e. The molecule has 0 aromatic heterocycles. The predicted molar refractivity (Wildman–Crippen MR) is 62.3 cm³/mol. The van der Waals surface area contributed by atoms with Gasteiger partial charge in [0.2, 0.25) is 0 Å². The lowest BCUT2D eigenvalue weighted by Crippen LogP contribution is -2.40. The van der Waals surface area contributed by atoms with E-state index in [1.54, 1.807) is 14.0 Å².